The third-order valence-corrected chi connectivity index (χ3v) is 7.55. The topological polar surface area (TPSA) is 17.1 Å². The number of Topliss-reactive ketones (excluding diaryl/α,β-unsaturated/α-hetero) is 1. The van der Waals surface area contributed by atoms with Crippen molar-refractivity contribution < 1.29 is 4.79 Å². The summed E-state index contributed by atoms with van der Waals surface area (Å²) in [6.45, 7) is 2.25. The van der Waals surface area contributed by atoms with Crippen LogP contribution in [-0.2, 0) is 4.79 Å². The van der Waals surface area contributed by atoms with Crippen LogP contribution in [0.2, 0.25) is 0 Å². The molecule has 0 aromatic heterocycles. The molecule has 2 aliphatic carbocycles. The molecule has 80 valence electrons. The van der Waals surface area contributed by atoms with Crippen molar-refractivity contribution in [2.24, 2.45) is 16.7 Å². The number of carbonyl (C=O) groups excluding carboxylic acids is 1. The van der Waals surface area contributed by atoms with Gasteiger partial charge in [0, 0.05) is 16.1 Å². The van der Waals surface area contributed by atoms with E-state index < -0.39 is 0 Å². The second-order valence-corrected chi connectivity index (χ2v) is 6.79. The predicted octanol–water partition coefficient (Wildman–Crippen LogP) is 3.53. The summed E-state index contributed by atoms with van der Waals surface area (Å²) in [5, 5.41) is 1.73. The average Bonchev–Trinajstić information content (AvgIpc) is 2.57. The Labute approximate surface area is 110 Å². The van der Waals surface area contributed by atoms with Crippen LogP contribution in [0.15, 0.2) is 0 Å². The van der Waals surface area contributed by atoms with Gasteiger partial charge in [0.1, 0.15) is 0 Å². The maximum atomic E-state index is 12.2. The fraction of sp³-hybridized carbons (Fsp3) is 0.900. The van der Waals surface area contributed by atoms with Crippen molar-refractivity contribution in [3.05, 3.63) is 0 Å². The Morgan fingerprint density at radius 2 is 2.07 bits per heavy atom. The molecule has 4 atom stereocenters. The normalized spacial score (nSPS) is 51.6. The van der Waals surface area contributed by atoms with Crippen molar-refractivity contribution in [1.82, 2.24) is 0 Å². The fourth-order valence-electron chi connectivity index (χ4n) is 3.19. The van der Waals surface area contributed by atoms with Gasteiger partial charge in [-0.25, -0.2) is 0 Å². The smallest absolute Gasteiger partial charge is 0.154 e. The minimum atomic E-state index is -0.130. The first kappa shape index (κ1) is 11.6. The van der Waals surface area contributed by atoms with Gasteiger partial charge in [0.2, 0.25) is 0 Å². The monoisotopic (exact) mass is 386 g/mol. The lowest BCUT2D eigenvalue weighted by molar-refractivity contribution is -0.127. The summed E-state index contributed by atoms with van der Waals surface area (Å²) in [5.74, 6) is 0.916. The lowest BCUT2D eigenvalue weighted by Gasteiger charge is -2.36. The van der Waals surface area contributed by atoms with E-state index in [0.717, 1.165) is 17.1 Å². The molecule has 0 saturated heterocycles. The van der Waals surface area contributed by atoms with E-state index in [1.54, 1.807) is 0 Å². The quantitative estimate of drug-likeness (QED) is 0.661. The molecule has 1 nitrogen and oxygen atoms in total. The van der Waals surface area contributed by atoms with Gasteiger partial charge in [-0.2, -0.15) is 0 Å². The molecule has 2 saturated carbocycles. The summed E-state index contributed by atoms with van der Waals surface area (Å²) < 4.78 is 0. The summed E-state index contributed by atoms with van der Waals surface area (Å²) >= 11 is 10.7. The van der Waals surface area contributed by atoms with Gasteiger partial charge in [-0.05, 0) is 24.2 Å². The second kappa shape index (κ2) is 3.56. The molecule has 2 rings (SSSR count). The Balaban J connectivity index is 2.50. The molecule has 0 aromatic carbocycles. The highest BCUT2D eigenvalue weighted by atomic mass is 79.9. The highest BCUT2D eigenvalue weighted by molar-refractivity contribution is 9.10. The lowest BCUT2D eigenvalue weighted by atomic mass is 9.70. The Morgan fingerprint density at radius 1 is 1.43 bits per heavy atom. The van der Waals surface area contributed by atoms with E-state index in [0.29, 0.717) is 11.7 Å². The first-order valence-electron chi connectivity index (χ1n) is 4.84. The van der Waals surface area contributed by atoms with E-state index >= 15 is 0 Å². The summed E-state index contributed by atoms with van der Waals surface area (Å²) in [4.78, 5) is 12.3. The number of halogens is 3. The van der Waals surface area contributed by atoms with Crippen LogP contribution in [0, 0.1) is 16.7 Å². The Morgan fingerprint density at radius 3 is 2.50 bits per heavy atom. The minimum absolute atomic E-state index is 0.0800. The van der Waals surface area contributed by atoms with Crippen LogP contribution in [0.25, 0.3) is 0 Å². The number of hydrogen-bond acceptors (Lipinski definition) is 1. The molecule has 2 bridgehead atoms. The first-order chi connectivity index (χ1) is 6.53. The van der Waals surface area contributed by atoms with Gasteiger partial charge in [-0.1, -0.05) is 54.7 Å². The van der Waals surface area contributed by atoms with Gasteiger partial charge in [0.15, 0.2) is 5.78 Å². The standard InChI is InChI=1S/C10H13Br3O/c1-9(4-11)6-2-3-10(9,5-12)8(14)7(6)13/h6-7H,2-5H2,1H3/t6-,7+,9+,10-/m0/s1. The maximum Gasteiger partial charge on any atom is 0.154 e. The first-order valence-corrected chi connectivity index (χ1v) is 8.00. The highest BCUT2D eigenvalue weighted by Crippen LogP contribution is 2.66. The molecule has 0 heterocycles. The molecule has 0 amide bonds. The van der Waals surface area contributed by atoms with E-state index in [2.05, 4.69) is 54.7 Å². The summed E-state index contributed by atoms with van der Waals surface area (Å²) in [6.07, 6.45) is 2.22. The molecular weight excluding hydrogens is 376 g/mol. The second-order valence-electron chi connectivity index (χ2n) is 4.68. The molecule has 14 heavy (non-hydrogen) atoms. The van der Waals surface area contributed by atoms with Crippen LogP contribution in [0.1, 0.15) is 19.8 Å². The van der Waals surface area contributed by atoms with Crippen molar-refractivity contribution >= 4 is 53.6 Å². The zero-order valence-corrected chi connectivity index (χ0v) is 12.8. The zero-order valence-electron chi connectivity index (χ0n) is 8.03. The summed E-state index contributed by atoms with van der Waals surface area (Å²) in [6, 6.07) is 0. The van der Waals surface area contributed by atoms with Gasteiger partial charge in [-0.3, -0.25) is 4.79 Å². The van der Waals surface area contributed by atoms with Crippen molar-refractivity contribution in [3.8, 4) is 0 Å². The third kappa shape index (κ3) is 1.08. The molecule has 0 N–H and O–H groups in total. The highest BCUT2D eigenvalue weighted by Gasteiger charge is 2.68. The van der Waals surface area contributed by atoms with Crippen LogP contribution in [-0.4, -0.2) is 21.3 Å². The molecule has 2 fully saturated rings. The number of ketones is 1. The average molecular weight is 389 g/mol. The van der Waals surface area contributed by atoms with Gasteiger partial charge in [0.05, 0.1) is 4.83 Å². The van der Waals surface area contributed by atoms with Gasteiger partial charge < -0.3 is 0 Å². The van der Waals surface area contributed by atoms with E-state index in [1.165, 1.54) is 6.42 Å². The molecule has 2 aliphatic rings. The number of hydrogen-bond donors (Lipinski definition) is 0. The Kier molecular flexibility index (Phi) is 2.95. The van der Waals surface area contributed by atoms with Crippen LogP contribution in [0.4, 0.5) is 0 Å². The summed E-state index contributed by atoms with van der Waals surface area (Å²) in [7, 11) is 0. The molecule has 0 aromatic rings. The van der Waals surface area contributed by atoms with Gasteiger partial charge in [-0.15, -0.1) is 0 Å². The van der Waals surface area contributed by atoms with Crippen LogP contribution in [0.5, 0.6) is 0 Å². The maximum absolute atomic E-state index is 12.2. The molecule has 4 heteroatoms. The van der Waals surface area contributed by atoms with E-state index in [9.17, 15) is 4.79 Å². The van der Waals surface area contributed by atoms with Crippen molar-refractivity contribution in [1.29, 1.82) is 0 Å². The fourth-order valence-corrected chi connectivity index (χ4v) is 6.63. The Hall–Kier alpha value is 1.11. The predicted molar refractivity (Wildman–Crippen MR) is 68.6 cm³/mol. The molecule has 0 radical (unpaired) electrons. The van der Waals surface area contributed by atoms with E-state index in [1.807, 2.05) is 0 Å². The SMILES string of the molecule is C[C@@]1(CBr)[C@H]2CC[C@]1(CBr)C(=O)[C@@H]2Br. The number of rotatable bonds is 2. The molecule has 0 unspecified atom stereocenters. The third-order valence-electron chi connectivity index (χ3n) is 4.37. The number of fused-ring (bicyclic) bond motifs is 2. The van der Waals surface area contributed by atoms with Crippen molar-refractivity contribution in [2.45, 2.75) is 24.6 Å². The molecule has 0 aliphatic heterocycles. The number of alkyl halides is 3. The van der Waals surface area contributed by atoms with Crippen LogP contribution in [0.3, 0.4) is 0 Å². The van der Waals surface area contributed by atoms with Crippen molar-refractivity contribution in [2.75, 3.05) is 10.7 Å². The van der Waals surface area contributed by atoms with Crippen LogP contribution >= 0.6 is 47.8 Å². The van der Waals surface area contributed by atoms with E-state index in [4.69, 9.17) is 0 Å². The lowest BCUT2D eigenvalue weighted by Crippen LogP contribution is -2.41. The largest absolute Gasteiger partial charge is 0.298 e. The van der Waals surface area contributed by atoms with Gasteiger partial charge in [0.25, 0.3) is 0 Å². The van der Waals surface area contributed by atoms with Crippen LogP contribution < -0.4 is 0 Å². The van der Waals surface area contributed by atoms with E-state index in [-0.39, 0.29) is 15.7 Å². The summed E-state index contributed by atoms with van der Waals surface area (Å²) in [5.41, 5.74) is -0.00289. The minimum Gasteiger partial charge on any atom is -0.298 e. The van der Waals surface area contributed by atoms with Gasteiger partial charge >= 0.3 is 0 Å². The molecule has 0 spiro atoms. The zero-order chi connectivity index (χ0) is 10.6. The van der Waals surface area contributed by atoms with Crippen molar-refractivity contribution in [3.63, 3.8) is 0 Å². The number of carbonyl (C=O) groups is 1. The molecular formula is C10H13Br3O. The Bertz CT molecular complexity index is 281.